The van der Waals surface area contributed by atoms with Crippen LogP contribution in [-0.2, 0) is 19.9 Å². The molecule has 6 rings (SSSR count). The van der Waals surface area contributed by atoms with Crippen LogP contribution in [0.3, 0.4) is 0 Å². The smallest absolute Gasteiger partial charge is 0.228 e. The molecule has 0 unspecified atom stereocenters. The van der Waals surface area contributed by atoms with Crippen LogP contribution in [-0.4, -0.2) is 0 Å². The van der Waals surface area contributed by atoms with E-state index < -0.39 is 0 Å². The van der Waals surface area contributed by atoms with Gasteiger partial charge in [0.15, 0.2) is 6.17 Å². The van der Waals surface area contributed by atoms with Gasteiger partial charge in [-0.25, -0.2) is 4.57 Å². The van der Waals surface area contributed by atoms with Crippen molar-refractivity contribution in [3.05, 3.63) is 76.9 Å². The molecule has 0 N–H and O–H groups in total. The highest BCUT2D eigenvalue weighted by molar-refractivity contribution is 6.16. The second kappa shape index (κ2) is 8.30. The summed E-state index contributed by atoms with van der Waals surface area (Å²) in [5, 5.41) is 6.28. The molecule has 0 spiro atoms. The van der Waals surface area contributed by atoms with Crippen molar-refractivity contribution in [1.29, 1.82) is 0 Å². The fourth-order valence-corrected chi connectivity index (χ4v) is 6.26. The predicted molar refractivity (Wildman–Crippen MR) is 161 cm³/mol. The zero-order valence-corrected chi connectivity index (χ0v) is 24.3. The molecule has 0 saturated heterocycles. The molecule has 0 radical (unpaired) electrons. The van der Waals surface area contributed by atoms with E-state index in [-0.39, 0.29) is 23.0 Å². The Bertz CT molecular complexity index is 1890. The van der Waals surface area contributed by atoms with Gasteiger partial charge in [-0.1, -0.05) is 83.5 Å². The van der Waals surface area contributed by atoms with Crippen LogP contribution in [0.25, 0.3) is 43.6 Å². The number of fused-ring (bicyclic) bond motifs is 5. The van der Waals surface area contributed by atoms with Gasteiger partial charge in [-0.3, -0.25) is 0 Å². The number of ether oxygens (including phenoxy) is 1. The molecule has 1 aliphatic heterocycles. The number of rotatable bonds is 2. The molecule has 38 heavy (non-hydrogen) atoms. The predicted octanol–water partition coefficient (Wildman–Crippen LogP) is 9.54. The fraction of sp³-hybridized carbons (Fsp3) is 0.361. The van der Waals surface area contributed by atoms with Crippen LogP contribution in [0.1, 0.15) is 66.5 Å². The molecule has 1 aromatic heterocycles. The average Bonchev–Trinajstić information content (AvgIpc) is 2.85. The Morgan fingerprint density at radius 1 is 0.816 bits per heavy atom. The zero-order chi connectivity index (χ0) is 28.9. The first-order chi connectivity index (χ1) is 18.6. The first-order valence-electron chi connectivity index (χ1n) is 14.8. The Kier molecular flexibility index (Phi) is 4.93. The van der Waals surface area contributed by atoms with Crippen molar-refractivity contribution in [2.45, 2.75) is 68.2 Å². The summed E-state index contributed by atoms with van der Waals surface area (Å²) in [6.07, 6.45) is 2.03. The van der Waals surface area contributed by atoms with Gasteiger partial charge in [0.2, 0.25) is 5.69 Å². The number of benzene rings is 4. The minimum atomic E-state index is 0.0560. The summed E-state index contributed by atoms with van der Waals surface area (Å²) in [7, 11) is 1.93. The third-order valence-corrected chi connectivity index (χ3v) is 7.76. The quantitative estimate of drug-likeness (QED) is 0.169. The molecule has 2 heterocycles. The lowest BCUT2D eigenvalue weighted by atomic mass is 9.81. The van der Waals surface area contributed by atoms with Gasteiger partial charge in [-0.05, 0) is 76.3 Å². The second-order valence-corrected chi connectivity index (χ2v) is 13.8. The third-order valence-electron chi connectivity index (χ3n) is 7.76. The maximum Gasteiger partial charge on any atom is 0.228 e. The Balaban J connectivity index is 1.79. The lowest BCUT2D eigenvalue weighted by Crippen LogP contribution is -2.32. The van der Waals surface area contributed by atoms with Crippen molar-refractivity contribution < 1.29 is 12.0 Å². The van der Waals surface area contributed by atoms with E-state index in [1.807, 2.05) is 11.6 Å². The van der Waals surface area contributed by atoms with Gasteiger partial charge in [0.05, 0.1) is 12.3 Å². The Morgan fingerprint density at radius 3 is 2.26 bits per heavy atom. The van der Waals surface area contributed by atoms with E-state index in [0.717, 1.165) is 62.7 Å². The molecule has 0 saturated carbocycles. The number of hydrogen-bond acceptors (Lipinski definition) is 1. The maximum absolute atomic E-state index is 9.15. The zero-order valence-electron chi connectivity index (χ0n) is 26.3. The summed E-state index contributed by atoms with van der Waals surface area (Å²) >= 11 is 0. The molecule has 0 amide bonds. The summed E-state index contributed by atoms with van der Waals surface area (Å²) in [4.78, 5) is 0. The Morgan fingerprint density at radius 2 is 1.55 bits per heavy atom. The van der Waals surface area contributed by atoms with Crippen LogP contribution in [0.4, 0.5) is 0 Å². The summed E-state index contributed by atoms with van der Waals surface area (Å²) in [6, 6.07) is 15.7. The van der Waals surface area contributed by atoms with Gasteiger partial charge in [0.1, 0.15) is 19.9 Å². The molecule has 0 aliphatic carbocycles. The fourth-order valence-electron chi connectivity index (χ4n) is 6.26. The van der Waals surface area contributed by atoms with E-state index in [4.69, 9.17) is 7.48 Å². The summed E-state index contributed by atoms with van der Waals surface area (Å²) in [6.45, 7) is 17.9. The van der Waals surface area contributed by atoms with Gasteiger partial charge in [0, 0.05) is 17.0 Å². The molecule has 5 aromatic rings. The van der Waals surface area contributed by atoms with Crippen LogP contribution in [0.15, 0.2) is 54.7 Å². The van der Waals surface area contributed by atoms with Gasteiger partial charge >= 0.3 is 0 Å². The minimum absolute atomic E-state index is 0.0560. The van der Waals surface area contributed by atoms with Crippen LogP contribution in [0, 0.1) is 24.7 Å². The molecular weight excluding hydrogens is 462 g/mol. The van der Waals surface area contributed by atoms with Crippen molar-refractivity contribution in [2.24, 2.45) is 17.9 Å². The van der Waals surface area contributed by atoms with Crippen molar-refractivity contribution in [2.75, 3.05) is 0 Å². The first-order valence-corrected chi connectivity index (χ1v) is 13.8. The number of pyridine rings is 1. The van der Waals surface area contributed by atoms with Crippen molar-refractivity contribution in [1.82, 2.24) is 0 Å². The number of hydrogen-bond donors (Lipinski definition) is 0. The van der Waals surface area contributed by atoms with E-state index in [1.54, 1.807) is 0 Å². The SMILES string of the molecule is [2H]c1c([2H])[n+](C)c2c3c(cc4ccc(CC(C)(C)C)cc4c13)Oc1c-2c(C)c2cc(C)ccc2c1CC(C)(C)C. The van der Waals surface area contributed by atoms with Crippen molar-refractivity contribution >= 4 is 32.3 Å². The van der Waals surface area contributed by atoms with E-state index in [9.17, 15) is 0 Å². The minimum Gasteiger partial charge on any atom is -0.455 e. The summed E-state index contributed by atoms with van der Waals surface area (Å²) < 4.78 is 27.1. The van der Waals surface area contributed by atoms with Crippen LogP contribution >= 0.6 is 0 Å². The number of aryl methyl sites for hydroxylation is 2. The highest BCUT2D eigenvalue weighted by Crippen LogP contribution is 2.52. The number of nitrogens with zero attached hydrogens (tertiary/aromatic N) is 1. The highest BCUT2D eigenvalue weighted by Gasteiger charge is 2.34. The topological polar surface area (TPSA) is 13.1 Å². The third kappa shape index (κ3) is 4.06. The van der Waals surface area contributed by atoms with E-state index in [2.05, 4.69) is 97.9 Å². The Labute approximate surface area is 230 Å². The standard InChI is InChI=1S/C36H40NO/c1-21-10-13-25-27(16-21)22(2)31-33-32-26(14-15-37(33)9)28-17-23(19-35(3,4)5)11-12-24(28)18-30(32)38-34(31)29(25)20-36(6,7)8/h10-18H,19-20H2,1-9H3/q+1/i14D,15D. The van der Waals surface area contributed by atoms with Crippen molar-refractivity contribution in [3.63, 3.8) is 0 Å². The number of aromatic nitrogens is 1. The van der Waals surface area contributed by atoms with E-state index in [0.29, 0.717) is 0 Å². The van der Waals surface area contributed by atoms with Crippen LogP contribution < -0.4 is 9.30 Å². The lowest BCUT2D eigenvalue weighted by Gasteiger charge is -2.28. The van der Waals surface area contributed by atoms with Crippen molar-refractivity contribution in [3.8, 4) is 22.8 Å². The average molecular weight is 505 g/mol. The Hall–Kier alpha value is -3.39. The van der Waals surface area contributed by atoms with Gasteiger partial charge < -0.3 is 4.74 Å². The molecule has 0 bridgehead atoms. The molecular formula is C36H40NO+. The van der Waals surface area contributed by atoms with Crippen LogP contribution in [0.2, 0.25) is 0 Å². The van der Waals surface area contributed by atoms with Gasteiger partial charge in [0.25, 0.3) is 0 Å². The van der Waals surface area contributed by atoms with Gasteiger partial charge in [-0.2, -0.15) is 0 Å². The monoisotopic (exact) mass is 504 g/mol. The highest BCUT2D eigenvalue weighted by atomic mass is 16.5. The van der Waals surface area contributed by atoms with Gasteiger partial charge in [-0.15, -0.1) is 0 Å². The molecule has 194 valence electrons. The molecule has 2 heteroatoms. The first kappa shape index (κ1) is 22.6. The summed E-state index contributed by atoms with van der Waals surface area (Å²) in [5.74, 6) is 1.67. The van der Waals surface area contributed by atoms with E-state index >= 15 is 0 Å². The molecule has 2 nitrogen and oxygen atoms in total. The molecule has 1 aliphatic rings. The largest absolute Gasteiger partial charge is 0.455 e. The maximum atomic E-state index is 9.15. The lowest BCUT2D eigenvalue weighted by molar-refractivity contribution is -0.659. The van der Waals surface area contributed by atoms with E-state index in [1.165, 1.54) is 27.5 Å². The summed E-state index contributed by atoms with van der Waals surface area (Å²) in [5.41, 5.74) is 7.08. The van der Waals surface area contributed by atoms with Crippen LogP contribution in [0.5, 0.6) is 11.5 Å². The molecule has 4 aromatic carbocycles. The second-order valence-electron chi connectivity index (χ2n) is 13.8. The molecule has 0 atom stereocenters. The molecule has 0 fully saturated rings. The normalized spacial score (nSPS) is 14.0.